The summed E-state index contributed by atoms with van der Waals surface area (Å²) in [4.78, 5) is 25.6. The molecule has 14 heteroatoms. The Kier molecular flexibility index (Phi) is 7.35. The second kappa shape index (κ2) is 10.0. The SMILES string of the molecule is CN(c1ccc(CC(=O)N2CCN(c3ncnc4sc(CC(F)(F)F)cc34)CC2)c(Cl)c1)S(C)(=O)=O. The molecule has 3 aromatic rings. The van der Waals surface area contributed by atoms with Crippen molar-refractivity contribution in [2.45, 2.75) is 19.0 Å². The molecule has 0 bridgehead atoms. The third kappa shape index (κ3) is 6.01. The first kappa shape index (κ1) is 26.4. The Morgan fingerprint density at radius 1 is 1.17 bits per heavy atom. The van der Waals surface area contributed by atoms with Crippen molar-refractivity contribution in [3.8, 4) is 0 Å². The van der Waals surface area contributed by atoms with Gasteiger partial charge in [-0.05, 0) is 23.8 Å². The van der Waals surface area contributed by atoms with Gasteiger partial charge in [0.2, 0.25) is 15.9 Å². The van der Waals surface area contributed by atoms with E-state index in [-0.39, 0.29) is 17.2 Å². The van der Waals surface area contributed by atoms with Crippen LogP contribution >= 0.6 is 22.9 Å². The number of hydrogen-bond acceptors (Lipinski definition) is 7. The highest BCUT2D eigenvalue weighted by Crippen LogP contribution is 2.34. The number of anilines is 2. The molecular formula is C22H23ClF3N5O3S2. The van der Waals surface area contributed by atoms with Crippen LogP contribution in [0.4, 0.5) is 24.7 Å². The first-order chi connectivity index (χ1) is 16.8. The zero-order valence-corrected chi connectivity index (χ0v) is 21.8. The van der Waals surface area contributed by atoms with E-state index in [0.717, 1.165) is 21.9 Å². The number of hydrogen-bond donors (Lipinski definition) is 0. The van der Waals surface area contributed by atoms with E-state index < -0.39 is 22.6 Å². The maximum absolute atomic E-state index is 12.9. The average Bonchev–Trinajstić information content (AvgIpc) is 3.20. The lowest BCUT2D eigenvalue weighted by Gasteiger charge is -2.35. The quantitative estimate of drug-likeness (QED) is 0.456. The van der Waals surface area contributed by atoms with Crippen molar-refractivity contribution in [2.24, 2.45) is 0 Å². The highest BCUT2D eigenvalue weighted by molar-refractivity contribution is 7.92. The standard InChI is InChI=1S/C22H23ClF3N5O3S2/c1-29(36(2,33)34)15-4-3-14(18(23)10-15)9-19(32)30-5-7-31(8-6-30)20-17-11-16(12-22(24,25)26)35-21(17)28-13-27-20/h3-4,10-11,13H,5-9,12H2,1-2H3. The number of fused-ring (bicyclic) bond motifs is 1. The highest BCUT2D eigenvalue weighted by Gasteiger charge is 2.30. The van der Waals surface area contributed by atoms with Crippen molar-refractivity contribution < 1.29 is 26.4 Å². The average molecular weight is 562 g/mol. The highest BCUT2D eigenvalue weighted by atomic mass is 35.5. The smallest absolute Gasteiger partial charge is 0.352 e. The monoisotopic (exact) mass is 561 g/mol. The minimum atomic E-state index is -4.30. The van der Waals surface area contributed by atoms with Gasteiger partial charge in [0.25, 0.3) is 0 Å². The molecule has 1 amide bonds. The maximum atomic E-state index is 12.9. The van der Waals surface area contributed by atoms with Gasteiger partial charge < -0.3 is 9.80 Å². The first-order valence-electron chi connectivity index (χ1n) is 10.9. The Balaban J connectivity index is 1.41. The number of sulfonamides is 1. The minimum absolute atomic E-state index is 0.0603. The van der Waals surface area contributed by atoms with E-state index in [4.69, 9.17) is 11.6 Å². The largest absolute Gasteiger partial charge is 0.393 e. The number of aromatic nitrogens is 2. The molecule has 1 saturated heterocycles. The summed E-state index contributed by atoms with van der Waals surface area (Å²) in [5.41, 5.74) is 0.984. The van der Waals surface area contributed by atoms with Gasteiger partial charge in [0, 0.05) is 43.1 Å². The fourth-order valence-corrected chi connectivity index (χ4v) is 5.70. The zero-order chi connectivity index (χ0) is 26.3. The number of nitrogens with zero attached hydrogens (tertiary/aromatic N) is 5. The van der Waals surface area contributed by atoms with Gasteiger partial charge in [-0.15, -0.1) is 11.3 Å². The molecule has 0 spiro atoms. The van der Waals surface area contributed by atoms with E-state index >= 15 is 0 Å². The van der Waals surface area contributed by atoms with Gasteiger partial charge in [-0.25, -0.2) is 18.4 Å². The van der Waals surface area contributed by atoms with Crippen LogP contribution in [0.1, 0.15) is 10.4 Å². The molecule has 0 radical (unpaired) electrons. The molecule has 4 rings (SSSR count). The third-order valence-electron chi connectivity index (χ3n) is 5.91. The number of carbonyl (C=O) groups excluding carboxylic acids is 1. The molecule has 3 heterocycles. The second-order valence-corrected chi connectivity index (χ2v) is 12.0. The van der Waals surface area contributed by atoms with E-state index in [1.807, 2.05) is 4.90 Å². The molecule has 1 aliphatic heterocycles. The Morgan fingerprint density at radius 3 is 2.47 bits per heavy atom. The topological polar surface area (TPSA) is 86.7 Å². The van der Waals surface area contributed by atoms with Crippen molar-refractivity contribution in [1.82, 2.24) is 14.9 Å². The summed E-state index contributed by atoms with van der Waals surface area (Å²) in [6.45, 7) is 1.76. The molecule has 36 heavy (non-hydrogen) atoms. The zero-order valence-electron chi connectivity index (χ0n) is 19.4. The van der Waals surface area contributed by atoms with Crippen molar-refractivity contribution in [1.29, 1.82) is 0 Å². The number of amides is 1. The predicted molar refractivity (Wildman–Crippen MR) is 134 cm³/mol. The number of thiophene rings is 1. The van der Waals surface area contributed by atoms with Gasteiger partial charge in [-0.1, -0.05) is 17.7 Å². The summed E-state index contributed by atoms with van der Waals surface area (Å²) in [6, 6.07) is 6.24. The van der Waals surface area contributed by atoms with Crippen LogP contribution in [0.25, 0.3) is 10.2 Å². The number of benzene rings is 1. The van der Waals surface area contributed by atoms with Crippen molar-refractivity contribution >= 4 is 60.6 Å². The Labute approximate surface area is 215 Å². The van der Waals surface area contributed by atoms with E-state index in [2.05, 4.69) is 9.97 Å². The second-order valence-electron chi connectivity index (χ2n) is 8.47. The van der Waals surface area contributed by atoms with Gasteiger partial charge in [0.05, 0.1) is 30.2 Å². The fourth-order valence-electron chi connectivity index (χ4n) is 3.94. The summed E-state index contributed by atoms with van der Waals surface area (Å²) < 4.78 is 63.0. The number of halogens is 4. The van der Waals surface area contributed by atoms with E-state index in [1.54, 1.807) is 17.0 Å². The van der Waals surface area contributed by atoms with Crippen LogP contribution in [0.5, 0.6) is 0 Å². The summed E-state index contributed by atoms with van der Waals surface area (Å²) in [7, 11) is -2.02. The van der Waals surface area contributed by atoms with Gasteiger partial charge in [0.15, 0.2) is 0 Å². The van der Waals surface area contributed by atoms with E-state index in [0.29, 0.717) is 58.5 Å². The van der Waals surface area contributed by atoms with E-state index in [1.165, 1.54) is 25.5 Å². The summed E-state index contributed by atoms with van der Waals surface area (Å²) >= 11 is 7.33. The molecule has 8 nitrogen and oxygen atoms in total. The Morgan fingerprint density at radius 2 is 1.86 bits per heavy atom. The van der Waals surface area contributed by atoms with E-state index in [9.17, 15) is 26.4 Å². The maximum Gasteiger partial charge on any atom is 0.393 e. The minimum Gasteiger partial charge on any atom is -0.352 e. The summed E-state index contributed by atoms with van der Waals surface area (Å²) in [5, 5.41) is 0.873. The first-order valence-corrected chi connectivity index (χ1v) is 13.9. The molecule has 1 aliphatic rings. The summed E-state index contributed by atoms with van der Waals surface area (Å²) in [6.07, 6.45) is -2.82. The normalized spacial score (nSPS) is 14.9. The molecule has 0 atom stereocenters. The van der Waals surface area contributed by atoms with Crippen LogP contribution in [-0.2, 0) is 27.7 Å². The van der Waals surface area contributed by atoms with Crippen LogP contribution < -0.4 is 9.21 Å². The molecule has 1 aromatic carbocycles. The van der Waals surface area contributed by atoms with Crippen molar-refractivity contribution in [2.75, 3.05) is 48.7 Å². The number of piperazine rings is 1. The van der Waals surface area contributed by atoms with Crippen LogP contribution in [0.2, 0.25) is 5.02 Å². The third-order valence-corrected chi connectivity index (χ3v) is 8.51. The number of alkyl halides is 3. The fraction of sp³-hybridized carbons (Fsp3) is 0.409. The lowest BCUT2D eigenvalue weighted by Crippen LogP contribution is -2.49. The molecule has 194 valence electrons. The molecule has 0 N–H and O–H groups in total. The Hall–Kier alpha value is -2.64. The Bertz CT molecular complexity index is 1390. The molecule has 0 aliphatic carbocycles. The number of carbonyl (C=O) groups is 1. The van der Waals surface area contributed by atoms with Crippen LogP contribution in [0, 0.1) is 0 Å². The van der Waals surface area contributed by atoms with Crippen LogP contribution in [0.15, 0.2) is 30.6 Å². The molecule has 2 aromatic heterocycles. The van der Waals surface area contributed by atoms with Crippen LogP contribution in [-0.4, -0.2) is 74.9 Å². The van der Waals surface area contributed by atoms with Crippen molar-refractivity contribution in [3.05, 3.63) is 46.1 Å². The van der Waals surface area contributed by atoms with Crippen LogP contribution in [0.3, 0.4) is 0 Å². The lowest BCUT2D eigenvalue weighted by molar-refractivity contribution is -0.130. The molecular weight excluding hydrogens is 539 g/mol. The molecule has 0 unspecified atom stereocenters. The summed E-state index contributed by atoms with van der Waals surface area (Å²) in [5.74, 6) is 0.432. The number of rotatable bonds is 6. The van der Waals surface area contributed by atoms with Gasteiger partial charge in [-0.2, -0.15) is 13.2 Å². The van der Waals surface area contributed by atoms with Gasteiger partial charge in [0.1, 0.15) is 17.0 Å². The van der Waals surface area contributed by atoms with Crippen molar-refractivity contribution in [3.63, 3.8) is 0 Å². The predicted octanol–water partition coefficient (Wildman–Crippen LogP) is 3.74. The molecule has 0 saturated carbocycles. The van der Waals surface area contributed by atoms with Gasteiger partial charge in [-0.3, -0.25) is 9.10 Å². The molecule has 1 fully saturated rings. The lowest BCUT2D eigenvalue weighted by atomic mass is 10.1. The van der Waals surface area contributed by atoms with Gasteiger partial charge >= 0.3 is 6.18 Å².